The fourth-order valence-electron chi connectivity index (χ4n) is 2.70. The molecule has 0 aliphatic heterocycles. The number of anilines is 1. The van der Waals surface area contributed by atoms with Gasteiger partial charge in [-0.25, -0.2) is 17.2 Å². The summed E-state index contributed by atoms with van der Waals surface area (Å²) in [6.07, 6.45) is 0. The highest BCUT2D eigenvalue weighted by molar-refractivity contribution is 9.10. The zero-order chi connectivity index (χ0) is 21.7. The molecule has 3 aromatic rings. The summed E-state index contributed by atoms with van der Waals surface area (Å²) in [5.74, 6) is -2.35. The van der Waals surface area contributed by atoms with Crippen molar-refractivity contribution in [1.29, 1.82) is 0 Å². The number of carbonyl (C=O) groups excluding carboxylic acids is 1. The van der Waals surface area contributed by atoms with Gasteiger partial charge in [0.1, 0.15) is 11.6 Å². The smallest absolute Gasteiger partial charge is 0.243 e. The Labute approximate surface area is 181 Å². The third kappa shape index (κ3) is 5.50. The Hall–Kier alpha value is -2.62. The first-order chi connectivity index (χ1) is 14.3. The van der Waals surface area contributed by atoms with E-state index in [1.165, 1.54) is 12.1 Å². The van der Waals surface area contributed by atoms with E-state index < -0.39 is 34.1 Å². The highest BCUT2D eigenvalue weighted by atomic mass is 79.9. The van der Waals surface area contributed by atoms with E-state index in [0.717, 1.165) is 27.0 Å². The van der Waals surface area contributed by atoms with Crippen LogP contribution in [0.3, 0.4) is 0 Å². The molecule has 0 aliphatic rings. The van der Waals surface area contributed by atoms with E-state index in [1.54, 1.807) is 42.5 Å². The van der Waals surface area contributed by atoms with Crippen LogP contribution in [0.25, 0.3) is 0 Å². The number of hydrogen-bond donors (Lipinski definition) is 1. The molecule has 0 unspecified atom stereocenters. The molecule has 0 heterocycles. The van der Waals surface area contributed by atoms with Gasteiger partial charge in [-0.15, -0.1) is 0 Å². The SMILES string of the molecule is O=C(CN(Cc1ccc(Br)cc1)S(=O)(=O)c1ccccc1)Nc1cc(F)ccc1F. The molecule has 156 valence electrons. The summed E-state index contributed by atoms with van der Waals surface area (Å²) >= 11 is 3.32. The van der Waals surface area contributed by atoms with Gasteiger partial charge < -0.3 is 5.32 Å². The molecule has 0 atom stereocenters. The van der Waals surface area contributed by atoms with Gasteiger partial charge in [-0.2, -0.15) is 4.31 Å². The summed E-state index contributed by atoms with van der Waals surface area (Å²) < 4.78 is 55.2. The predicted molar refractivity (Wildman–Crippen MR) is 113 cm³/mol. The molecule has 0 spiro atoms. The third-order valence-corrected chi connectivity index (χ3v) is 6.51. The number of nitrogens with zero attached hydrogens (tertiary/aromatic N) is 1. The monoisotopic (exact) mass is 494 g/mol. The number of amides is 1. The largest absolute Gasteiger partial charge is 0.322 e. The molecule has 1 N–H and O–H groups in total. The van der Waals surface area contributed by atoms with Crippen molar-refractivity contribution >= 4 is 37.5 Å². The minimum absolute atomic E-state index is 0.0202. The Kier molecular flexibility index (Phi) is 6.96. The summed E-state index contributed by atoms with van der Waals surface area (Å²) in [4.78, 5) is 12.5. The summed E-state index contributed by atoms with van der Waals surface area (Å²) in [6, 6.07) is 17.3. The molecular formula is C21H17BrF2N2O3S. The van der Waals surface area contributed by atoms with Crippen LogP contribution in [0.4, 0.5) is 14.5 Å². The first-order valence-corrected chi connectivity index (χ1v) is 11.0. The first kappa shape index (κ1) is 22.1. The molecule has 0 saturated carbocycles. The topological polar surface area (TPSA) is 66.5 Å². The first-order valence-electron chi connectivity index (χ1n) is 8.80. The number of sulfonamides is 1. The zero-order valence-corrected chi connectivity index (χ0v) is 18.0. The molecule has 3 rings (SSSR count). The summed E-state index contributed by atoms with van der Waals surface area (Å²) in [6.45, 7) is -0.660. The molecule has 0 aliphatic carbocycles. The van der Waals surface area contributed by atoms with E-state index in [4.69, 9.17) is 0 Å². The molecule has 0 aromatic heterocycles. The van der Waals surface area contributed by atoms with Crippen LogP contribution in [-0.4, -0.2) is 25.2 Å². The lowest BCUT2D eigenvalue weighted by Crippen LogP contribution is -2.37. The molecule has 0 bridgehead atoms. The van der Waals surface area contributed by atoms with Crippen molar-refractivity contribution in [1.82, 2.24) is 4.31 Å². The minimum atomic E-state index is -4.02. The van der Waals surface area contributed by atoms with Crippen LogP contribution in [0.5, 0.6) is 0 Å². The van der Waals surface area contributed by atoms with Gasteiger partial charge in [-0.1, -0.05) is 46.3 Å². The van der Waals surface area contributed by atoms with Gasteiger partial charge in [0, 0.05) is 17.1 Å². The van der Waals surface area contributed by atoms with Gasteiger partial charge in [0.2, 0.25) is 15.9 Å². The van der Waals surface area contributed by atoms with Crippen molar-refractivity contribution in [2.45, 2.75) is 11.4 Å². The molecular weight excluding hydrogens is 478 g/mol. The second-order valence-electron chi connectivity index (χ2n) is 6.38. The molecule has 9 heteroatoms. The summed E-state index contributed by atoms with van der Waals surface area (Å²) in [7, 11) is -4.02. The minimum Gasteiger partial charge on any atom is -0.322 e. The van der Waals surface area contributed by atoms with Crippen LogP contribution in [-0.2, 0) is 21.4 Å². The van der Waals surface area contributed by atoms with Crippen LogP contribution in [0.1, 0.15) is 5.56 Å². The van der Waals surface area contributed by atoms with E-state index in [1.807, 2.05) is 0 Å². The highest BCUT2D eigenvalue weighted by Gasteiger charge is 2.27. The average molecular weight is 495 g/mol. The quantitative estimate of drug-likeness (QED) is 0.523. The molecule has 1 amide bonds. The van der Waals surface area contributed by atoms with Gasteiger partial charge in [-0.3, -0.25) is 4.79 Å². The van der Waals surface area contributed by atoms with Gasteiger partial charge in [-0.05, 0) is 42.0 Å². The second-order valence-corrected chi connectivity index (χ2v) is 9.24. The van der Waals surface area contributed by atoms with Crippen LogP contribution in [0, 0.1) is 11.6 Å². The Morgan fingerprint density at radius 2 is 1.63 bits per heavy atom. The van der Waals surface area contributed by atoms with Crippen LogP contribution in [0.15, 0.2) is 82.2 Å². The Morgan fingerprint density at radius 3 is 2.30 bits per heavy atom. The molecule has 0 fully saturated rings. The Balaban J connectivity index is 1.87. The van der Waals surface area contributed by atoms with Crippen molar-refractivity contribution in [2.75, 3.05) is 11.9 Å². The average Bonchev–Trinajstić information content (AvgIpc) is 2.72. The summed E-state index contributed by atoms with van der Waals surface area (Å²) in [5, 5.41) is 2.23. The maximum absolute atomic E-state index is 13.8. The maximum Gasteiger partial charge on any atom is 0.243 e. The van der Waals surface area contributed by atoms with E-state index in [-0.39, 0.29) is 17.1 Å². The normalized spacial score (nSPS) is 11.5. The standard InChI is InChI=1S/C21H17BrF2N2O3S/c22-16-8-6-15(7-9-16)13-26(30(28,29)18-4-2-1-3-5-18)14-21(27)25-20-12-17(23)10-11-19(20)24/h1-12H,13-14H2,(H,25,27). The molecule has 0 radical (unpaired) electrons. The Bertz CT molecular complexity index is 1140. The van der Waals surface area contributed by atoms with Crippen LogP contribution in [0.2, 0.25) is 0 Å². The zero-order valence-electron chi connectivity index (χ0n) is 15.6. The number of nitrogens with one attached hydrogen (secondary N) is 1. The fraction of sp³-hybridized carbons (Fsp3) is 0.0952. The number of carbonyl (C=O) groups is 1. The summed E-state index contributed by atoms with van der Waals surface area (Å²) in [5.41, 5.74) is 0.295. The fourth-order valence-corrected chi connectivity index (χ4v) is 4.37. The van der Waals surface area contributed by atoms with Crippen molar-refractivity contribution < 1.29 is 22.0 Å². The number of hydrogen-bond acceptors (Lipinski definition) is 3. The molecule has 3 aromatic carbocycles. The van der Waals surface area contributed by atoms with Crippen LogP contribution >= 0.6 is 15.9 Å². The van der Waals surface area contributed by atoms with Crippen molar-refractivity contribution in [2.24, 2.45) is 0 Å². The van der Waals surface area contributed by atoms with Gasteiger partial charge in [0.15, 0.2) is 0 Å². The second kappa shape index (κ2) is 9.46. The lowest BCUT2D eigenvalue weighted by Gasteiger charge is -2.22. The lowest BCUT2D eigenvalue weighted by molar-refractivity contribution is -0.116. The van der Waals surface area contributed by atoms with Crippen molar-refractivity contribution in [3.05, 3.63) is 94.5 Å². The molecule has 0 saturated heterocycles. The van der Waals surface area contributed by atoms with E-state index in [2.05, 4.69) is 21.2 Å². The third-order valence-electron chi connectivity index (χ3n) is 4.18. The van der Waals surface area contributed by atoms with Crippen molar-refractivity contribution in [3.8, 4) is 0 Å². The van der Waals surface area contributed by atoms with Crippen LogP contribution < -0.4 is 5.32 Å². The number of benzene rings is 3. The highest BCUT2D eigenvalue weighted by Crippen LogP contribution is 2.20. The Morgan fingerprint density at radius 1 is 0.967 bits per heavy atom. The van der Waals surface area contributed by atoms with E-state index in [0.29, 0.717) is 5.56 Å². The predicted octanol–water partition coefficient (Wildman–Crippen LogP) is 4.56. The van der Waals surface area contributed by atoms with Gasteiger partial charge in [0.25, 0.3) is 0 Å². The number of rotatable bonds is 7. The van der Waals surface area contributed by atoms with Gasteiger partial charge in [0.05, 0.1) is 17.1 Å². The maximum atomic E-state index is 13.8. The van der Waals surface area contributed by atoms with Crippen molar-refractivity contribution in [3.63, 3.8) is 0 Å². The lowest BCUT2D eigenvalue weighted by atomic mass is 10.2. The molecule has 30 heavy (non-hydrogen) atoms. The van der Waals surface area contributed by atoms with E-state index >= 15 is 0 Å². The van der Waals surface area contributed by atoms with Gasteiger partial charge >= 0.3 is 0 Å². The number of halogens is 3. The van der Waals surface area contributed by atoms with E-state index in [9.17, 15) is 22.0 Å². The molecule has 5 nitrogen and oxygen atoms in total.